The fraction of sp³-hybridized carbons (Fsp3) is 0.630. The average Bonchev–Trinajstić information content (AvgIpc) is 3.82. The zero-order chi connectivity index (χ0) is 41.7. The summed E-state index contributed by atoms with van der Waals surface area (Å²) in [7, 11) is -7.38. The number of aromatic nitrogens is 6. The predicted octanol–water partition coefficient (Wildman–Crippen LogP) is 0.503. The van der Waals surface area contributed by atoms with E-state index in [1.807, 2.05) is 13.8 Å². The first-order valence-electron chi connectivity index (χ1n) is 16.8. The Bertz CT molecular complexity index is 2090. The summed E-state index contributed by atoms with van der Waals surface area (Å²) in [5.74, 6) is -1.08. The fourth-order valence-corrected chi connectivity index (χ4v) is 9.32. The van der Waals surface area contributed by atoms with Crippen LogP contribution in [-0.2, 0) is 41.7 Å². The number of carbonyl (C=O) groups excluding carboxylic acids is 1. The minimum Gasteiger partial charge on any atom is -0.455 e. The second kappa shape index (κ2) is 19.1. The third-order valence-electron chi connectivity index (χ3n) is 8.19. The lowest BCUT2D eigenvalue weighted by Gasteiger charge is -2.25. The summed E-state index contributed by atoms with van der Waals surface area (Å²) in [5.41, 5.74) is 25.9. The summed E-state index contributed by atoms with van der Waals surface area (Å²) in [6.07, 6.45) is -6.95. The molecule has 10 atom stereocenters. The van der Waals surface area contributed by atoms with Crippen LogP contribution in [0.5, 0.6) is 0 Å². The van der Waals surface area contributed by atoms with Crippen molar-refractivity contribution in [2.45, 2.75) is 86.2 Å². The van der Waals surface area contributed by atoms with E-state index in [0.29, 0.717) is 0 Å². The molecule has 314 valence electrons. The SMILES string of the molecule is CC(C)SSC(CN=[N+]=[N-])CC(N)C(=O)O[C@H]1[C@@H](O)[C@H](n2cnc3c(N)ncnc32)O[C@@H]1COP(=O)(O)O[C@H]1C[C@H](n2ccc(N)nc2=O)O[C@@H]1COP(=O)(O)O. The Hall–Kier alpha value is -3.43. The van der Waals surface area contributed by atoms with Gasteiger partial charge in [0.2, 0.25) is 0 Å². The molecule has 3 aromatic rings. The number of esters is 1. The van der Waals surface area contributed by atoms with Gasteiger partial charge in [0.15, 0.2) is 23.8 Å². The number of ether oxygens (including phenoxy) is 3. The van der Waals surface area contributed by atoms with Crippen LogP contribution in [0.15, 0.2) is 34.8 Å². The Kier molecular flexibility index (Phi) is 15.0. The molecule has 26 nitrogen and oxygen atoms in total. The fourth-order valence-electron chi connectivity index (χ4n) is 5.66. The van der Waals surface area contributed by atoms with E-state index < -0.39 is 94.8 Å². The molecule has 2 aliphatic heterocycles. The number of imidazole rings is 1. The first-order chi connectivity index (χ1) is 26.9. The van der Waals surface area contributed by atoms with E-state index in [0.717, 1.165) is 10.9 Å². The third-order valence-corrected chi connectivity index (χ3v) is 13.1. The van der Waals surface area contributed by atoms with E-state index in [-0.39, 0.29) is 47.4 Å². The number of anilines is 2. The molecule has 10 N–H and O–H groups in total. The standard InChI is InChI=1S/C27H40N12O14P2S2/c1-12(2)56-57-13(7-35-37-31)5-14(28)26(41)52-22-17(51-25(21(22)40)39-11-34-20-23(30)32-10-33-24(20)39)9-49-55(46,47)53-15-6-19(38-4-3-18(29)36-27(38)42)50-16(15)8-48-54(43,44)45/h3-4,10-17,19,21-22,25,40H,5-9,28H2,1-2H3,(H,46,47)(H2,29,36,42)(H2,30,32,33)(H2,43,44,45)/t13?,14?,15-,16+,17+,19+,21+,22+,25+/m0/s1. The zero-order valence-corrected chi connectivity index (χ0v) is 33.4. The number of azide groups is 1. The summed E-state index contributed by atoms with van der Waals surface area (Å²) in [6, 6.07) is -0.00194. The molecule has 0 aromatic carbocycles. The van der Waals surface area contributed by atoms with Crippen LogP contribution < -0.4 is 22.9 Å². The van der Waals surface area contributed by atoms with Gasteiger partial charge in [0.1, 0.15) is 54.3 Å². The number of carbonyl (C=O) groups is 1. The molecular weight excluding hydrogens is 842 g/mol. The molecule has 0 saturated carbocycles. The Morgan fingerprint density at radius 2 is 1.86 bits per heavy atom. The molecule has 5 rings (SSSR count). The molecule has 3 unspecified atom stereocenters. The molecule has 2 aliphatic rings. The Labute approximate surface area is 330 Å². The van der Waals surface area contributed by atoms with Crippen molar-refractivity contribution in [2.24, 2.45) is 10.8 Å². The molecule has 3 aromatic heterocycles. The molecule has 2 fully saturated rings. The predicted molar refractivity (Wildman–Crippen MR) is 200 cm³/mol. The Morgan fingerprint density at radius 3 is 2.54 bits per heavy atom. The van der Waals surface area contributed by atoms with Crippen molar-refractivity contribution in [3.63, 3.8) is 0 Å². The van der Waals surface area contributed by atoms with E-state index in [1.54, 1.807) is 0 Å². The number of nitrogens with zero attached hydrogens (tertiary/aromatic N) is 9. The van der Waals surface area contributed by atoms with Gasteiger partial charge < -0.3 is 51.2 Å². The number of nitrogens with two attached hydrogens (primary N) is 3. The molecular formula is C27H40N12O14P2S2. The van der Waals surface area contributed by atoms with Crippen molar-refractivity contribution in [1.82, 2.24) is 29.1 Å². The molecule has 0 radical (unpaired) electrons. The number of nitrogen functional groups attached to an aromatic ring is 2. The minimum absolute atomic E-state index is 0.00838. The number of hydrogen-bond acceptors (Lipinski definition) is 21. The van der Waals surface area contributed by atoms with Crippen LogP contribution in [-0.4, -0.2) is 122 Å². The van der Waals surface area contributed by atoms with Gasteiger partial charge in [0, 0.05) is 34.6 Å². The smallest absolute Gasteiger partial charge is 0.455 e. The highest BCUT2D eigenvalue weighted by molar-refractivity contribution is 8.77. The van der Waals surface area contributed by atoms with Gasteiger partial charge in [0.05, 0.1) is 19.5 Å². The lowest BCUT2D eigenvalue weighted by Crippen LogP contribution is -2.44. The van der Waals surface area contributed by atoms with Crippen molar-refractivity contribution >= 4 is 66.0 Å². The van der Waals surface area contributed by atoms with Crippen LogP contribution in [0.2, 0.25) is 0 Å². The number of aliphatic hydroxyl groups excluding tert-OH is 1. The summed E-state index contributed by atoms with van der Waals surface area (Å²) in [6.45, 7) is 2.23. The molecule has 0 aliphatic carbocycles. The normalized spacial score (nSPS) is 25.9. The number of rotatable bonds is 19. The monoisotopic (exact) mass is 882 g/mol. The average molecular weight is 883 g/mol. The van der Waals surface area contributed by atoms with Crippen LogP contribution in [0.25, 0.3) is 21.6 Å². The van der Waals surface area contributed by atoms with Crippen molar-refractivity contribution < 1.29 is 61.5 Å². The van der Waals surface area contributed by atoms with E-state index in [1.165, 1.54) is 44.7 Å². The van der Waals surface area contributed by atoms with Crippen LogP contribution >= 0.6 is 37.2 Å². The van der Waals surface area contributed by atoms with Gasteiger partial charge in [-0.3, -0.25) is 27.5 Å². The summed E-state index contributed by atoms with van der Waals surface area (Å²) in [5, 5.41) is 14.9. The highest BCUT2D eigenvalue weighted by atomic mass is 33.1. The largest absolute Gasteiger partial charge is 0.472 e. The molecule has 2 saturated heterocycles. The summed E-state index contributed by atoms with van der Waals surface area (Å²) < 4.78 is 59.6. The van der Waals surface area contributed by atoms with E-state index in [4.69, 9.17) is 46.0 Å². The van der Waals surface area contributed by atoms with E-state index in [2.05, 4.69) is 34.5 Å². The van der Waals surface area contributed by atoms with Gasteiger partial charge in [-0.25, -0.2) is 28.9 Å². The highest BCUT2D eigenvalue weighted by Gasteiger charge is 2.50. The van der Waals surface area contributed by atoms with Crippen LogP contribution in [0.1, 0.15) is 39.1 Å². The number of fused-ring (bicyclic) bond motifs is 1. The second-order valence-corrected chi connectivity index (χ2v) is 18.6. The lowest BCUT2D eigenvalue weighted by atomic mass is 10.1. The topological polar surface area (TPSA) is 393 Å². The van der Waals surface area contributed by atoms with Crippen molar-refractivity contribution in [3.8, 4) is 0 Å². The molecule has 30 heteroatoms. The molecule has 0 amide bonds. The summed E-state index contributed by atoms with van der Waals surface area (Å²) in [4.78, 5) is 73.8. The van der Waals surface area contributed by atoms with Crippen molar-refractivity contribution in [1.29, 1.82) is 0 Å². The van der Waals surface area contributed by atoms with Crippen LogP contribution in [0.3, 0.4) is 0 Å². The number of phosphoric acid groups is 2. The third kappa shape index (κ3) is 11.8. The summed E-state index contributed by atoms with van der Waals surface area (Å²) >= 11 is 0. The van der Waals surface area contributed by atoms with Crippen LogP contribution in [0, 0.1) is 0 Å². The molecule has 0 bridgehead atoms. The van der Waals surface area contributed by atoms with Gasteiger partial charge in [-0.1, -0.05) is 40.5 Å². The van der Waals surface area contributed by atoms with Gasteiger partial charge in [-0.05, 0) is 18.0 Å². The van der Waals surface area contributed by atoms with Crippen molar-refractivity contribution in [3.05, 3.63) is 45.8 Å². The maximum Gasteiger partial charge on any atom is 0.472 e. The Morgan fingerprint density at radius 1 is 1.12 bits per heavy atom. The maximum atomic E-state index is 13.4. The number of phosphoric ester groups is 2. The number of hydrogen-bond donors (Lipinski definition) is 7. The van der Waals surface area contributed by atoms with Gasteiger partial charge in [-0.15, -0.1) is 0 Å². The molecule has 5 heterocycles. The number of aliphatic hydroxyl groups is 1. The van der Waals surface area contributed by atoms with Crippen molar-refractivity contribution in [2.75, 3.05) is 31.2 Å². The maximum absolute atomic E-state index is 13.4. The highest BCUT2D eigenvalue weighted by Crippen LogP contribution is 2.50. The van der Waals surface area contributed by atoms with Gasteiger partial charge in [-0.2, -0.15) is 4.98 Å². The van der Waals surface area contributed by atoms with Gasteiger partial charge in [0.25, 0.3) is 0 Å². The zero-order valence-electron chi connectivity index (χ0n) is 30.0. The van der Waals surface area contributed by atoms with E-state index >= 15 is 0 Å². The first kappa shape index (κ1) is 44.7. The van der Waals surface area contributed by atoms with Gasteiger partial charge >= 0.3 is 27.3 Å². The lowest BCUT2D eigenvalue weighted by molar-refractivity contribution is -0.158. The molecule has 57 heavy (non-hydrogen) atoms. The van der Waals surface area contributed by atoms with Crippen LogP contribution in [0.4, 0.5) is 11.6 Å². The quantitative estimate of drug-likeness (QED) is 0.0215. The minimum atomic E-state index is -5.18. The van der Waals surface area contributed by atoms with E-state index in [9.17, 15) is 38.5 Å². The second-order valence-electron chi connectivity index (χ2n) is 12.8. The molecule has 0 spiro atoms. The first-order valence-corrected chi connectivity index (χ1v) is 22.1. The Balaban J connectivity index is 1.34.